The molecule has 0 atom stereocenters. The summed E-state index contributed by atoms with van der Waals surface area (Å²) < 4.78 is 4.71. The predicted molar refractivity (Wildman–Crippen MR) is 72.4 cm³/mol. The third-order valence-corrected chi connectivity index (χ3v) is 2.17. The van der Waals surface area contributed by atoms with Crippen LogP contribution in [0.25, 0.3) is 0 Å². The van der Waals surface area contributed by atoms with Crippen LogP contribution in [0, 0.1) is 11.8 Å². The number of aliphatic carboxylic acids is 1. The van der Waals surface area contributed by atoms with Gasteiger partial charge in [-0.15, -0.1) is 0 Å². The molecule has 0 aliphatic carbocycles. The van der Waals surface area contributed by atoms with Crippen LogP contribution in [-0.4, -0.2) is 23.7 Å². The lowest BCUT2D eigenvalue weighted by Crippen LogP contribution is -2.02. The van der Waals surface area contributed by atoms with Crippen LogP contribution in [0.2, 0.25) is 0 Å². The first-order chi connectivity index (χ1) is 8.25. The van der Waals surface area contributed by atoms with Crippen molar-refractivity contribution in [3.8, 4) is 0 Å². The molecule has 0 aliphatic rings. The minimum absolute atomic E-state index is 0.185. The Labute approximate surface area is 111 Å². The maximum atomic E-state index is 10.2. The number of ether oxygens (including phenoxy) is 1. The molecule has 0 aromatic heterocycles. The summed E-state index contributed by atoms with van der Waals surface area (Å²) in [6, 6.07) is 0. The summed E-state index contributed by atoms with van der Waals surface area (Å²) in [4.78, 5) is 20.2. The fourth-order valence-electron chi connectivity index (χ4n) is 1.10. The molecule has 0 radical (unpaired) electrons. The standard InChI is InChI=1S/2C7H14O2/c1-6(2)4-5-9-7(3)8;1-6(2)4-3-5-7(8)9/h6H,4-5H2,1-3H3;6H,3-5H2,1-2H3,(H,8,9). The molecule has 0 fully saturated rings. The van der Waals surface area contributed by atoms with E-state index in [1.54, 1.807) is 0 Å². The van der Waals surface area contributed by atoms with Gasteiger partial charge in [0.15, 0.2) is 0 Å². The number of carboxylic acids is 1. The molecule has 4 nitrogen and oxygen atoms in total. The summed E-state index contributed by atoms with van der Waals surface area (Å²) in [6.45, 7) is 10.4. The van der Waals surface area contributed by atoms with E-state index in [0.717, 1.165) is 19.3 Å². The SMILES string of the molecule is CC(=O)OCCC(C)C.CC(C)CCCC(=O)O. The van der Waals surface area contributed by atoms with Crippen molar-refractivity contribution in [2.75, 3.05) is 6.61 Å². The molecule has 0 saturated carbocycles. The van der Waals surface area contributed by atoms with E-state index < -0.39 is 5.97 Å². The zero-order chi connectivity index (χ0) is 14.6. The molecule has 0 aliphatic heterocycles. The third kappa shape index (κ3) is 24.3. The second-order valence-corrected chi connectivity index (χ2v) is 5.20. The summed E-state index contributed by atoms with van der Waals surface area (Å²) in [5.41, 5.74) is 0. The van der Waals surface area contributed by atoms with E-state index in [0.29, 0.717) is 24.9 Å². The highest BCUT2D eigenvalue weighted by Crippen LogP contribution is 2.05. The minimum atomic E-state index is -0.685. The minimum Gasteiger partial charge on any atom is -0.481 e. The molecule has 0 heterocycles. The van der Waals surface area contributed by atoms with Crippen LogP contribution in [0.1, 0.15) is 60.3 Å². The van der Waals surface area contributed by atoms with Gasteiger partial charge in [-0.25, -0.2) is 0 Å². The molecule has 18 heavy (non-hydrogen) atoms. The third-order valence-electron chi connectivity index (χ3n) is 2.17. The van der Waals surface area contributed by atoms with E-state index in [4.69, 9.17) is 9.84 Å². The van der Waals surface area contributed by atoms with Crippen LogP contribution in [0.4, 0.5) is 0 Å². The van der Waals surface area contributed by atoms with Crippen LogP contribution in [0.5, 0.6) is 0 Å². The van der Waals surface area contributed by atoms with E-state index in [2.05, 4.69) is 27.7 Å². The van der Waals surface area contributed by atoms with Gasteiger partial charge in [0.1, 0.15) is 0 Å². The van der Waals surface area contributed by atoms with Crippen LogP contribution in [0.15, 0.2) is 0 Å². The van der Waals surface area contributed by atoms with Gasteiger partial charge in [0.25, 0.3) is 0 Å². The van der Waals surface area contributed by atoms with Crippen LogP contribution in [0.3, 0.4) is 0 Å². The second kappa shape index (κ2) is 12.4. The van der Waals surface area contributed by atoms with Gasteiger partial charge < -0.3 is 9.84 Å². The largest absolute Gasteiger partial charge is 0.481 e. The first-order valence-corrected chi connectivity index (χ1v) is 6.60. The van der Waals surface area contributed by atoms with E-state index in [-0.39, 0.29) is 5.97 Å². The van der Waals surface area contributed by atoms with Gasteiger partial charge in [0.05, 0.1) is 6.61 Å². The fraction of sp³-hybridized carbons (Fsp3) is 0.857. The highest BCUT2D eigenvalue weighted by molar-refractivity contribution is 5.66. The zero-order valence-electron chi connectivity index (χ0n) is 12.4. The van der Waals surface area contributed by atoms with Crippen molar-refractivity contribution < 1.29 is 19.4 Å². The van der Waals surface area contributed by atoms with Crippen LogP contribution in [-0.2, 0) is 14.3 Å². The van der Waals surface area contributed by atoms with E-state index in [1.165, 1.54) is 6.92 Å². The number of carboxylic acid groups (broad SMARTS) is 1. The van der Waals surface area contributed by atoms with Crippen molar-refractivity contribution in [3.63, 3.8) is 0 Å². The van der Waals surface area contributed by atoms with Gasteiger partial charge in [-0.2, -0.15) is 0 Å². The Balaban J connectivity index is 0. The number of carbonyl (C=O) groups excluding carboxylic acids is 1. The van der Waals surface area contributed by atoms with Gasteiger partial charge in [-0.3, -0.25) is 9.59 Å². The number of hydrogen-bond acceptors (Lipinski definition) is 3. The van der Waals surface area contributed by atoms with Crippen molar-refractivity contribution in [1.82, 2.24) is 0 Å². The molecule has 0 saturated heterocycles. The van der Waals surface area contributed by atoms with Gasteiger partial charge in [-0.05, 0) is 24.7 Å². The maximum Gasteiger partial charge on any atom is 0.303 e. The number of carbonyl (C=O) groups is 2. The van der Waals surface area contributed by atoms with Gasteiger partial charge >= 0.3 is 11.9 Å². The highest BCUT2D eigenvalue weighted by Gasteiger charge is 1.97. The number of rotatable bonds is 7. The Bertz CT molecular complexity index is 198. The Morgan fingerprint density at radius 2 is 1.56 bits per heavy atom. The Hall–Kier alpha value is -1.06. The summed E-state index contributed by atoms with van der Waals surface area (Å²) in [6.07, 6.45) is 3.11. The normalized spacial score (nSPS) is 9.94. The molecular formula is C14H28O4. The molecule has 108 valence electrons. The molecule has 0 spiro atoms. The average molecular weight is 260 g/mol. The Kier molecular flexibility index (Phi) is 13.3. The van der Waals surface area contributed by atoms with Crippen molar-refractivity contribution in [1.29, 1.82) is 0 Å². The topological polar surface area (TPSA) is 63.6 Å². The van der Waals surface area contributed by atoms with E-state index >= 15 is 0 Å². The quantitative estimate of drug-likeness (QED) is 0.712. The lowest BCUT2D eigenvalue weighted by Gasteiger charge is -2.02. The summed E-state index contributed by atoms with van der Waals surface area (Å²) in [7, 11) is 0. The summed E-state index contributed by atoms with van der Waals surface area (Å²) >= 11 is 0. The second-order valence-electron chi connectivity index (χ2n) is 5.20. The smallest absolute Gasteiger partial charge is 0.303 e. The molecule has 0 aromatic carbocycles. The van der Waals surface area contributed by atoms with E-state index in [9.17, 15) is 9.59 Å². The molecular weight excluding hydrogens is 232 g/mol. The van der Waals surface area contributed by atoms with Crippen molar-refractivity contribution >= 4 is 11.9 Å². The Morgan fingerprint density at radius 3 is 1.89 bits per heavy atom. The lowest BCUT2D eigenvalue weighted by atomic mass is 10.1. The predicted octanol–water partition coefficient (Wildman–Crippen LogP) is 3.49. The summed E-state index contributed by atoms with van der Waals surface area (Å²) in [5, 5.41) is 8.23. The molecule has 0 rings (SSSR count). The summed E-state index contributed by atoms with van der Waals surface area (Å²) in [5.74, 6) is 0.375. The average Bonchev–Trinajstić information content (AvgIpc) is 2.15. The van der Waals surface area contributed by atoms with Crippen LogP contribution >= 0.6 is 0 Å². The zero-order valence-corrected chi connectivity index (χ0v) is 12.4. The Morgan fingerprint density at radius 1 is 1.06 bits per heavy atom. The van der Waals surface area contributed by atoms with Gasteiger partial charge in [0.2, 0.25) is 0 Å². The monoisotopic (exact) mass is 260 g/mol. The number of hydrogen-bond donors (Lipinski definition) is 1. The maximum absolute atomic E-state index is 10.2. The fourth-order valence-corrected chi connectivity index (χ4v) is 1.10. The van der Waals surface area contributed by atoms with Gasteiger partial charge in [-0.1, -0.05) is 34.1 Å². The lowest BCUT2D eigenvalue weighted by molar-refractivity contribution is -0.141. The highest BCUT2D eigenvalue weighted by atomic mass is 16.5. The van der Waals surface area contributed by atoms with Crippen LogP contribution < -0.4 is 0 Å². The van der Waals surface area contributed by atoms with Gasteiger partial charge in [0, 0.05) is 13.3 Å². The number of esters is 1. The van der Waals surface area contributed by atoms with Crippen molar-refractivity contribution in [2.45, 2.75) is 60.3 Å². The van der Waals surface area contributed by atoms with Crippen molar-refractivity contribution in [2.24, 2.45) is 11.8 Å². The first kappa shape index (κ1) is 19.3. The molecule has 0 amide bonds. The molecule has 0 unspecified atom stereocenters. The van der Waals surface area contributed by atoms with E-state index in [1.807, 2.05) is 0 Å². The van der Waals surface area contributed by atoms with Crippen molar-refractivity contribution in [3.05, 3.63) is 0 Å². The molecule has 0 bridgehead atoms. The molecule has 4 heteroatoms. The first-order valence-electron chi connectivity index (χ1n) is 6.60. The molecule has 1 N–H and O–H groups in total. The molecule has 0 aromatic rings.